The van der Waals surface area contributed by atoms with Gasteiger partial charge in [-0.2, -0.15) is 5.26 Å². The summed E-state index contributed by atoms with van der Waals surface area (Å²) in [5.41, 5.74) is 5.45. The van der Waals surface area contributed by atoms with Crippen molar-refractivity contribution in [3.63, 3.8) is 0 Å². The molecule has 0 N–H and O–H groups in total. The van der Waals surface area contributed by atoms with Crippen LogP contribution >= 0.6 is 0 Å². The Labute approximate surface area is 157 Å². The first kappa shape index (κ1) is 21.4. The highest BCUT2D eigenvalue weighted by Crippen LogP contribution is 2.16. The average molecular weight is 351 g/mol. The van der Waals surface area contributed by atoms with Crippen molar-refractivity contribution in [3.8, 4) is 6.07 Å². The molecule has 0 radical (unpaired) electrons. The molecule has 0 spiro atoms. The van der Waals surface area contributed by atoms with Gasteiger partial charge in [-0.3, -0.25) is 4.79 Å². The standard InChI is InChI=1S/C22H29N3O/c1-7-8-21(15-23)19(4)25(6)12-11-24(5)10-9-20-14-22(16-26)18(3)13-17(20)2/h7-8,13-14,16H,1,4,9-12H2,2-3,5-6H3/b21-8-. The Bertz CT molecular complexity index is 740. The van der Waals surface area contributed by atoms with Crippen LogP contribution in [-0.4, -0.2) is 49.8 Å². The van der Waals surface area contributed by atoms with E-state index >= 15 is 0 Å². The molecule has 0 bridgehead atoms. The maximum atomic E-state index is 11.1. The number of carbonyl (C=O) groups is 1. The summed E-state index contributed by atoms with van der Waals surface area (Å²) in [4.78, 5) is 15.4. The molecule has 0 aliphatic carbocycles. The normalized spacial score (nSPS) is 11.2. The molecule has 0 saturated heterocycles. The van der Waals surface area contributed by atoms with Gasteiger partial charge in [-0.25, -0.2) is 0 Å². The van der Waals surface area contributed by atoms with Crippen LogP contribution in [0.25, 0.3) is 0 Å². The van der Waals surface area contributed by atoms with Gasteiger partial charge in [-0.1, -0.05) is 25.3 Å². The molecule has 0 aliphatic heterocycles. The third kappa shape index (κ3) is 6.02. The largest absolute Gasteiger partial charge is 0.373 e. The number of aryl methyl sites for hydroxylation is 2. The van der Waals surface area contributed by atoms with E-state index in [0.717, 1.165) is 43.5 Å². The second kappa shape index (κ2) is 10.4. The fourth-order valence-electron chi connectivity index (χ4n) is 2.71. The van der Waals surface area contributed by atoms with Crippen LogP contribution in [0.1, 0.15) is 27.0 Å². The van der Waals surface area contributed by atoms with Crippen LogP contribution in [0.15, 0.2) is 48.7 Å². The number of nitrogens with zero attached hydrogens (tertiary/aromatic N) is 3. The van der Waals surface area contributed by atoms with Gasteiger partial charge >= 0.3 is 0 Å². The number of benzene rings is 1. The molecule has 0 unspecified atom stereocenters. The molecule has 0 heterocycles. The number of rotatable bonds is 10. The first-order chi connectivity index (χ1) is 12.3. The lowest BCUT2D eigenvalue weighted by Gasteiger charge is -2.25. The first-order valence-corrected chi connectivity index (χ1v) is 8.71. The van der Waals surface area contributed by atoms with Crippen molar-refractivity contribution in [2.75, 3.05) is 33.7 Å². The van der Waals surface area contributed by atoms with Crippen molar-refractivity contribution in [2.24, 2.45) is 0 Å². The molecule has 0 saturated carbocycles. The van der Waals surface area contributed by atoms with Crippen LogP contribution in [0.4, 0.5) is 0 Å². The van der Waals surface area contributed by atoms with E-state index < -0.39 is 0 Å². The van der Waals surface area contributed by atoms with Gasteiger partial charge in [0.05, 0.1) is 5.57 Å². The Morgan fingerprint density at radius 2 is 1.88 bits per heavy atom. The lowest BCUT2D eigenvalue weighted by Crippen LogP contribution is -2.32. The fraction of sp³-hybridized carbons (Fsp3) is 0.364. The zero-order valence-corrected chi connectivity index (χ0v) is 16.4. The predicted molar refractivity (Wildman–Crippen MR) is 108 cm³/mol. The Morgan fingerprint density at radius 3 is 2.46 bits per heavy atom. The zero-order chi connectivity index (χ0) is 19.7. The fourth-order valence-corrected chi connectivity index (χ4v) is 2.71. The van der Waals surface area contributed by atoms with Crippen LogP contribution in [0, 0.1) is 25.2 Å². The molecule has 1 rings (SSSR count). The molecule has 4 heteroatoms. The number of aldehydes is 1. The van der Waals surface area contributed by atoms with Crippen molar-refractivity contribution in [3.05, 3.63) is 71.0 Å². The number of nitriles is 1. The van der Waals surface area contributed by atoms with E-state index in [4.69, 9.17) is 5.26 Å². The van der Waals surface area contributed by atoms with Crippen LogP contribution in [0.3, 0.4) is 0 Å². The lowest BCUT2D eigenvalue weighted by atomic mass is 9.98. The molecular formula is C22H29N3O. The topological polar surface area (TPSA) is 47.3 Å². The molecule has 0 aliphatic rings. The maximum Gasteiger partial charge on any atom is 0.150 e. The van der Waals surface area contributed by atoms with Gasteiger partial charge in [-0.05, 0) is 56.1 Å². The zero-order valence-electron chi connectivity index (χ0n) is 16.4. The van der Waals surface area contributed by atoms with Crippen LogP contribution < -0.4 is 0 Å². The summed E-state index contributed by atoms with van der Waals surface area (Å²) in [6.07, 6.45) is 5.09. The second-order valence-corrected chi connectivity index (χ2v) is 6.60. The molecule has 0 fully saturated rings. The van der Waals surface area contributed by atoms with E-state index in [1.54, 1.807) is 12.2 Å². The van der Waals surface area contributed by atoms with E-state index in [1.807, 2.05) is 24.9 Å². The van der Waals surface area contributed by atoms with Crippen molar-refractivity contribution in [1.29, 1.82) is 5.26 Å². The Kier molecular flexibility index (Phi) is 8.54. The molecule has 138 valence electrons. The van der Waals surface area contributed by atoms with E-state index in [9.17, 15) is 4.79 Å². The van der Waals surface area contributed by atoms with Crippen LogP contribution in [0.2, 0.25) is 0 Å². The highest BCUT2D eigenvalue weighted by atomic mass is 16.1. The lowest BCUT2D eigenvalue weighted by molar-refractivity contribution is 0.112. The predicted octanol–water partition coefficient (Wildman–Crippen LogP) is 3.67. The number of hydrogen-bond acceptors (Lipinski definition) is 4. The van der Waals surface area contributed by atoms with Crippen molar-refractivity contribution < 1.29 is 4.79 Å². The van der Waals surface area contributed by atoms with E-state index in [0.29, 0.717) is 11.3 Å². The first-order valence-electron chi connectivity index (χ1n) is 8.71. The van der Waals surface area contributed by atoms with Crippen molar-refractivity contribution in [2.45, 2.75) is 20.3 Å². The smallest absolute Gasteiger partial charge is 0.150 e. The number of carbonyl (C=O) groups excluding carboxylic acids is 1. The van der Waals surface area contributed by atoms with Crippen LogP contribution in [-0.2, 0) is 6.42 Å². The summed E-state index contributed by atoms with van der Waals surface area (Å²) < 4.78 is 0. The van der Waals surface area contributed by atoms with Gasteiger partial charge in [-0.15, -0.1) is 0 Å². The third-order valence-corrected chi connectivity index (χ3v) is 4.61. The van der Waals surface area contributed by atoms with Crippen molar-refractivity contribution >= 4 is 6.29 Å². The number of hydrogen-bond donors (Lipinski definition) is 0. The summed E-state index contributed by atoms with van der Waals surface area (Å²) in [6, 6.07) is 6.22. The highest BCUT2D eigenvalue weighted by Gasteiger charge is 2.09. The molecule has 0 atom stereocenters. The third-order valence-electron chi connectivity index (χ3n) is 4.61. The van der Waals surface area contributed by atoms with Crippen molar-refractivity contribution in [1.82, 2.24) is 9.80 Å². The van der Waals surface area contributed by atoms with E-state index in [1.165, 1.54) is 11.1 Å². The Balaban J connectivity index is 2.58. The minimum atomic E-state index is 0.529. The Morgan fingerprint density at radius 1 is 1.19 bits per heavy atom. The minimum absolute atomic E-state index is 0.529. The summed E-state index contributed by atoms with van der Waals surface area (Å²) in [6.45, 7) is 14.2. The van der Waals surface area contributed by atoms with Gasteiger partial charge in [0.25, 0.3) is 0 Å². The molecule has 26 heavy (non-hydrogen) atoms. The summed E-state index contributed by atoms with van der Waals surface area (Å²) in [7, 11) is 4.01. The summed E-state index contributed by atoms with van der Waals surface area (Å²) in [5.74, 6) is 0. The number of likely N-dealkylation sites (N-methyl/N-ethyl adjacent to an activating group) is 2. The summed E-state index contributed by atoms with van der Waals surface area (Å²) >= 11 is 0. The SMILES string of the molecule is C=C/C=C(/C#N)C(=C)N(C)CCN(C)CCc1cc(C=O)c(C)cc1C. The number of allylic oxidation sites excluding steroid dienone is 3. The Hall–Kier alpha value is -2.64. The highest BCUT2D eigenvalue weighted by molar-refractivity contribution is 5.77. The molecular weight excluding hydrogens is 322 g/mol. The molecule has 0 amide bonds. The monoisotopic (exact) mass is 351 g/mol. The van der Waals surface area contributed by atoms with Gasteiger partial charge < -0.3 is 9.80 Å². The maximum absolute atomic E-state index is 11.1. The van der Waals surface area contributed by atoms with Crippen LogP contribution in [0.5, 0.6) is 0 Å². The van der Waals surface area contributed by atoms with E-state index in [2.05, 4.69) is 44.2 Å². The molecule has 0 aromatic heterocycles. The average Bonchev–Trinajstić information content (AvgIpc) is 2.62. The van der Waals surface area contributed by atoms with Gasteiger partial charge in [0.1, 0.15) is 12.4 Å². The van der Waals surface area contributed by atoms with Gasteiger partial charge in [0, 0.05) is 37.9 Å². The second-order valence-electron chi connectivity index (χ2n) is 6.60. The van der Waals surface area contributed by atoms with Gasteiger partial charge in [0.2, 0.25) is 0 Å². The summed E-state index contributed by atoms with van der Waals surface area (Å²) in [5, 5.41) is 9.16. The quantitative estimate of drug-likeness (QED) is 0.367. The molecule has 1 aromatic carbocycles. The minimum Gasteiger partial charge on any atom is -0.373 e. The van der Waals surface area contributed by atoms with Gasteiger partial charge in [0.15, 0.2) is 0 Å². The van der Waals surface area contributed by atoms with E-state index in [-0.39, 0.29) is 0 Å². The molecule has 1 aromatic rings. The molecule has 4 nitrogen and oxygen atoms in total.